The fourth-order valence-electron chi connectivity index (χ4n) is 2.91. The quantitative estimate of drug-likeness (QED) is 0.444. The number of aryl methyl sites for hydroxylation is 1. The van der Waals surface area contributed by atoms with E-state index in [1.807, 2.05) is 55.5 Å². The third-order valence-corrected chi connectivity index (χ3v) is 5.28. The van der Waals surface area contributed by atoms with Crippen molar-refractivity contribution in [3.63, 3.8) is 0 Å². The van der Waals surface area contributed by atoms with Gasteiger partial charge in [0, 0.05) is 29.8 Å². The van der Waals surface area contributed by atoms with Crippen LogP contribution in [0.4, 0.5) is 10.8 Å². The maximum absolute atomic E-state index is 10.5. The molecule has 3 N–H and O–H groups in total. The minimum atomic E-state index is -0.687. The van der Waals surface area contributed by atoms with Crippen LogP contribution in [0.15, 0.2) is 60.9 Å². The van der Waals surface area contributed by atoms with E-state index in [0.717, 1.165) is 33.2 Å². The van der Waals surface area contributed by atoms with Gasteiger partial charge in [-0.1, -0.05) is 41.7 Å². The smallest absolute Gasteiger partial charge is 0.187 e. The van der Waals surface area contributed by atoms with E-state index in [4.69, 9.17) is 4.74 Å². The molecule has 7 heteroatoms. The van der Waals surface area contributed by atoms with Crippen molar-refractivity contribution in [2.45, 2.75) is 13.0 Å². The lowest BCUT2D eigenvalue weighted by atomic mass is 10.1. The molecule has 0 radical (unpaired) electrons. The molecule has 0 aliphatic carbocycles. The Morgan fingerprint density at radius 2 is 1.93 bits per heavy atom. The fraction of sp³-hybridized carbons (Fsp3) is 0.143. The minimum absolute atomic E-state index is 0.687. The van der Waals surface area contributed by atoms with E-state index in [1.54, 1.807) is 19.5 Å². The van der Waals surface area contributed by atoms with Crippen LogP contribution in [-0.2, 0) is 0 Å². The van der Waals surface area contributed by atoms with Crippen LogP contribution in [0.5, 0.6) is 5.75 Å². The van der Waals surface area contributed by atoms with Gasteiger partial charge in [0.2, 0.25) is 0 Å². The average Bonchev–Trinajstić information content (AvgIpc) is 3.37. The summed E-state index contributed by atoms with van der Waals surface area (Å²) in [5.41, 5.74) is 3.57. The van der Waals surface area contributed by atoms with Crippen molar-refractivity contribution in [1.29, 1.82) is 0 Å². The zero-order valence-corrected chi connectivity index (χ0v) is 16.3. The second-order valence-electron chi connectivity index (χ2n) is 6.34. The second kappa shape index (κ2) is 7.84. The first-order valence-electron chi connectivity index (χ1n) is 8.80. The van der Waals surface area contributed by atoms with E-state index in [0.29, 0.717) is 10.9 Å². The van der Waals surface area contributed by atoms with Gasteiger partial charge < -0.3 is 20.1 Å². The van der Waals surface area contributed by atoms with Crippen molar-refractivity contribution in [3.8, 4) is 17.1 Å². The van der Waals surface area contributed by atoms with Crippen LogP contribution in [0.2, 0.25) is 0 Å². The summed E-state index contributed by atoms with van der Waals surface area (Å²) in [7, 11) is 1.64. The van der Waals surface area contributed by atoms with E-state index in [-0.39, 0.29) is 0 Å². The SMILES string of the molecule is COc1cc(Nc2ncc(C(O)c3ccccc3)s2)ccc1-c1ncc(C)[nH]1. The van der Waals surface area contributed by atoms with Crippen molar-refractivity contribution in [1.82, 2.24) is 15.0 Å². The largest absolute Gasteiger partial charge is 0.496 e. The maximum Gasteiger partial charge on any atom is 0.187 e. The number of aliphatic hydroxyl groups excluding tert-OH is 1. The van der Waals surface area contributed by atoms with Gasteiger partial charge in [-0.25, -0.2) is 9.97 Å². The number of methoxy groups -OCH3 is 1. The highest BCUT2D eigenvalue weighted by Gasteiger charge is 2.15. The molecule has 4 aromatic rings. The standard InChI is InChI=1S/C21H20N4O2S/c1-13-11-22-20(24-13)16-9-8-15(10-17(16)27-2)25-21-23-12-18(28-21)19(26)14-6-4-3-5-7-14/h3-12,19,26H,1-2H3,(H,22,24)(H,23,25). The number of aromatic amines is 1. The van der Waals surface area contributed by atoms with Crippen LogP contribution in [0, 0.1) is 6.92 Å². The molecule has 0 saturated heterocycles. The van der Waals surface area contributed by atoms with Crippen molar-refractivity contribution in [2.75, 3.05) is 12.4 Å². The predicted octanol–water partition coefficient (Wildman–Crippen LogP) is 4.68. The lowest BCUT2D eigenvalue weighted by Crippen LogP contribution is -1.95. The van der Waals surface area contributed by atoms with E-state index >= 15 is 0 Å². The highest BCUT2D eigenvalue weighted by molar-refractivity contribution is 7.15. The van der Waals surface area contributed by atoms with E-state index in [9.17, 15) is 5.11 Å². The van der Waals surface area contributed by atoms with Gasteiger partial charge in [0.15, 0.2) is 5.13 Å². The normalized spacial score (nSPS) is 12.0. The Bertz CT molecular complexity index is 1070. The molecule has 6 nitrogen and oxygen atoms in total. The van der Waals surface area contributed by atoms with Crippen LogP contribution in [0.1, 0.15) is 22.2 Å². The van der Waals surface area contributed by atoms with Gasteiger partial charge in [-0.05, 0) is 24.6 Å². The van der Waals surface area contributed by atoms with Gasteiger partial charge in [-0.3, -0.25) is 0 Å². The number of anilines is 2. The Morgan fingerprint density at radius 3 is 2.64 bits per heavy atom. The molecule has 0 amide bonds. The number of nitrogens with zero attached hydrogens (tertiary/aromatic N) is 2. The molecule has 2 aromatic carbocycles. The number of aromatic nitrogens is 3. The molecule has 28 heavy (non-hydrogen) atoms. The lowest BCUT2D eigenvalue weighted by Gasteiger charge is -2.10. The molecule has 142 valence electrons. The van der Waals surface area contributed by atoms with Crippen molar-refractivity contribution in [2.24, 2.45) is 0 Å². The molecule has 0 fully saturated rings. The summed E-state index contributed by atoms with van der Waals surface area (Å²) in [5.74, 6) is 1.48. The Balaban J connectivity index is 1.54. The Morgan fingerprint density at radius 1 is 1.11 bits per heavy atom. The van der Waals surface area contributed by atoms with Crippen LogP contribution in [-0.4, -0.2) is 27.2 Å². The van der Waals surface area contributed by atoms with Gasteiger partial charge in [0.1, 0.15) is 17.7 Å². The van der Waals surface area contributed by atoms with Gasteiger partial charge in [0.25, 0.3) is 0 Å². The van der Waals surface area contributed by atoms with Gasteiger partial charge in [-0.15, -0.1) is 0 Å². The molecule has 1 atom stereocenters. The average molecular weight is 392 g/mol. The Labute approximate surface area is 166 Å². The summed E-state index contributed by atoms with van der Waals surface area (Å²) in [6, 6.07) is 15.4. The van der Waals surface area contributed by atoms with Crippen LogP contribution >= 0.6 is 11.3 Å². The Hall–Kier alpha value is -3.16. The predicted molar refractivity (Wildman–Crippen MR) is 111 cm³/mol. The molecule has 0 aliphatic heterocycles. The van der Waals surface area contributed by atoms with E-state index in [2.05, 4.69) is 20.3 Å². The number of rotatable bonds is 6. The monoisotopic (exact) mass is 392 g/mol. The van der Waals surface area contributed by atoms with Gasteiger partial charge in [0.05, 0.1) is 17.6 Å². The molecule has 4 rings (SSSR count). The number of nitrogens with one attached hydrogen (secondary N) is 2. The number of aliphatic hydroxyl groups is 1. The minimum Gasteiger partial charge on any atom is -0.496 e. The zero-order chi connectivity index (χ0) is 19.5. The fourth-order valence-corrected chi connectivity index (χ4v) is 3.76. The lowest BCUT2D eigenvalue weighted by molar-refractivity contribution is 0.224. The van der Waals surface area contributed by atoms with Crippen molar-refractivity contribution < 1.29 is 9.84 Å². The first kappa shape index (κ1) is 18.2. The number of thiazole rings is 1. The summed E-state index contributed by atoms with van der Waals surface area (Å²) >= 11 is 1.42. The Kier molecular flexibility index (Phi) is 5.10. The molecular weight excluding hydrogens is 372 g/mol. The molecular formula is C21H20N4O2S. The van der Waals surface area contributed by atoms with Gasteiger partial charge in [-0.2, -0.15) is 0 Å². The third kappa shape index (κ3) is 3.76. The molecule has 0 spiro atoms. The molecule has 0 saturated carbocycles. The van der Waals surface area contributed by atoms with Gasteiger partial charge >= 0.3 is 0 Å². The molecule has 1 unspecified atom stereocenters. The van der Waals surface area contributed by atoms with E-state index < -0.39 is 6.10 Å². The van der Waals surface area contributed by atoms with Crippen LogP contribution < -0.4 is 10.1 Å². The highest BCUT2D eigenvalue weighted by atomic mass is 32.1. The third-order valence-electron chi connectivity index (χ3n) is 4.32. The first-order valence-corrected chi connectivity index (χ1v) is 9.61. The number of ether oxygens (including phenoxy) is 1. The number of hydrogen-bond acceptors (Lipinski definition) is 6. The van der Waals surface area contributed by atoms with Crippen LogP contribution in [0.25, 0.3) is 11.4 Å². The van der Waals surface area contributed by atoms with Crippen molar-refractivity contribution >= 4 is 22.2 Å². The van der Waals surface area contributed by atoms with E-state index in [1.165, 1.54) is 11.3 Å². The van der Waals surface area contributed by atoms with Crippen LogP contribution in [0.3, 0.4) is 0 Å². The molecule has 2 heterocycles. The highest BCUT2D eigenvalue weighted by Crippen LogP contribution is 2.34. The molecule has 2 aromatic heterocycles. The number of H-pyrrole nitrogens is 1. The second-order valence-corrected chi connectivity index (χ2v) is 7.40. The number of hydrogen-bond donors (Lipinski definition) is 3. The summed E-state index contributed by atoms with van der Waals surface area (Å²) in [4.78, 5) is 12.8. The molecule has 0 bridgehead atoms. The summed E-state index contributed by atoms with van der Waals surface area (Å²) in [5, 5.41) is 14.5. The zero-order valence-electron chi connectivity index (χ0n) is 15.5. The maximum atomic E-state index is 10.5. The first-order chi connectivity index (χ1) is 13.6. The summed E-state index contributed by atoms with van der Waals surface area (Å²) in [6.07, 6.45) is 2.80. The number of benzene rings is 2. The molecule has 0 aliphatic rings. The topological polar surface area (TPSA) is 83.1 Å². The summed E-state index contributed by atoms with van der Waals surface area (Å²) in [6.45, 7) is 1.96. The summed E-state index contributed by atoms with van der Waals surface area (Å²) < 4.78 is 5.53. The van der Waals surface area contributed by atoms with Crippen molar-refractivity contribution in [3.05, 3.63) is 77.1 Å². The number of imidazole rings is 1.